The fraction of sp³-hybridized carbons (Fsp3) is 0.308. The number of carbonyl (C=O) groups is 2. The van der Waals surface area contributed by atoms with Crippen molar-refractivity contribution in [2.45, 2.75) is 12.2 Å². The molecule has 7 heteroatoms. The quantitative estimate of drug-likeness (QED) is 0.861. The summed E-state index contributed by atoms with van der Waals surface area (Å²) in [5, 5.41) is 2.50. The molecule has 1 atom stereocenters. The van der Waals surface area contributed by atoms with Crippen LogP contribution in [0.3, 0.4) is 0 Å². The summed E-state index contributed by atoms with van der Waals surface area (Å²) in [7, 11) is 1.56. The molecule has 0 spiro atoms. The van der Waals surface area contributed by atoms with E-state index in [1.54, 1.807) is 38.3 Å². The average Bonchev–Trinajstić information content (AvgIpc) is 2.65. The van der Waals surface area contributed by atoms with Crippen LogP contribution in [0.5, 0.6) is 5.75 Å². The van der Waals surface area contributed by atoms with Crippen LogP contribution in [-0.4, -0.2) is 39.9 Å². The Morgan fingerprint density at radius 3 is 2.90 bits per heavy atom. The van der Waals surface area contributed by atoms with Crippen molar-refractivity contribution in [2.75, 3.05) is 19.0 Å². The number of rotatable bonds is 4. The summed E-state index contributed by atoms with van der Waals surface area (Å²) in [6.45, 7) is 1.71. The first-order chi connectivity index (χ1) is 9.51. The third kappa shape index (κ3) is 3.29. The molecule has 1 aromatic carbocycles. The molecule has 106 valence electrons. The maximum Gasteiger partial charge on any atom is 0.244 e. The fourth-order valence-corrected chi connectivity index (χ4v) is 3.16. The van der Waals surface area contributed by atoms with E-state index in [-0.39, 0.29) is 23.6 Å². The van der Waals surface area contributed by atoms with Crippen molar-refractivity contribution in [1.82, 2.24) is 4.90 Å². The topological polar surface area (TPSA) is 58.6 Å². The summed E-state index contributed by atoms with van der Waals surface area (Å²) in [4.78, 5) is 25.1. The van der Waals surface area contributed by atoms with Gasteiger partial charge in [-0.2, -0.15) is 0 Å². The molecule has 1 fully saturated rings. The van der Waals surface area contributed by atoms with E-state index >= 15 is 0 Å². The van der Waals surface area contributed by atoms with E-state index in [4.69, 9.17) is 17.0 Å². The average molecular weight is 310 g/mol. The van der Waals surface area contributed by atoms with Gasteiger partial charge in [0.05, 0.1) is 12.4 Å². The van der Waals surface area contributed by atoms with Gasteiger partial charge in [-0.1, -0.05) is 30.0 Å². The predicted octanol–water partition coefficient (Wildman–Crippen LogP) is 1.88. The summed E-state index contributed by atoms with van der Waals surface area (Å²) in [6, 6.07) is 7.02. The first-order valence-electron chi connectivity index (χ1n) is 5.97. The summed E-state index contributed by atoms with van der Waals surface area (Å²) in [5.41, 5.74) is 0.618. The zero-order valence-corrected chi connectivity index (χ0v) is 12.7. The molecule has 20 heavy (non-hydrogen) atoms. The molecule has 2 rings (SSSR count). The zero-order chi connectivity index (χ0) is 14.7. The molecule has 0 radical (unpaired) electrons. The van der Waals surface area contributed by atoms with Gasteiger partial charge in [0.1, 0.15) is 16.6 Å². The summed E-state index contributed by atoms with van der Waals surface area (Å²) >= 11 is 6.38. The third-order valence-corrected chi connectivity index (χ3v) is 4.25. The number of benzene rings is 1. The Morgan fingerprint density at radius 2 is 2.30 bits per heavy atom. The van der Waals surface area contributed by atoms with Crippen molar-refractivity contribution in [1.29, 1.82) is 0 Å². The number of ether oxygens (including phenoxy) is 1. The number of methoxy groups -OCH3 is 1. The molecule has 5 nitrogen and oxygen atoms in total. The second kappa shape index (κ2) is 6.23. The van der Waals surface area contributed by atoms with E-state index in [0.29, 0.717) is 15.8 Å². The van der Waals surface area contributed by atoms with E-state index in [1.807, 2.05) is 0 Å². The maximum atomic E-state index is 12.0. The summed E-state index contributed by atoms with van der Waals surface area (Å²) in [5.74, 6) is 0.240. The van der Waals surface area contributed by atoms with E-state index in [2.05, 4.69) is 5.32 Å². The second-order valence-corrected chi connectivity index (χ2v) is 6.21. The Kier molecular flexibility index (Phi) is 4.61. The van der Waals surface area contributed by atoms with Gasteiger partial charge in [0.2, 0.25) is 11.8 Å². The molecule has 1 aromatic rings. The Morgan fingerprint density at radius 1 is 1.55 bits per heavy atom. The highest BCUT2D eigenvalue weighted by Gasteiger charge is 2.34. The number of carbonyl (C=O) groups excluding carboxylic acids is 2. The molecule has 1 saturated heterocycles. The van der Waals surface area contributed by atoms with Crippen LogP contribution in [0.25, 0.3) is 0 Å². The van der Waals surface area contributed by atoms with Crippen molar-refractivity contribution in [3.63, 3.8) is 0 Å². The molecule has 0 aromatic heterocycles. The van der Waals surface area contributed by atoms with Crippen LogP contribution in [0.15, 0.2) is 24.3 Å². The molecule has 1 aliphatic heterocycles. The molecule has 1 unspecified atom stereocenters. The van der Waals surface area contributed by atoms with Crippen molar-refractivity contribution < 1.29 is 14.3 Å². The lowest BCUT2D eigenvalue weighted by molar-refractivity contribution is -0.129. The minimum Gasteiger partial charge on any atom is -0.497 e. The molecule has 1 heterocycles. The largest absolute Gasteiger partial charge is 0.497 e. The number of nitrogens with zero attached hydrogens (tertiary/aromatic N) is 1. The van der Waals surface area contributed by atoms with Gasteiger partial charge in [-0.25, -0.2) is 0 Å². The van der Waals surface area contributed by atoms with E-state index in [1.165, 1.54) is 16.7 Å². The first kappa shape index (κ1) is 14.8. The van der Waals surface area contributed by atoms with Gasteiger partial charge in [-0.3, -0.25) is 14.5 Å². The smallest absolute Gasteiger partial charge is 0.244 e. The van der Waals surface area contributed by atoms with Crippen LogP contribution >= 0.6 is 24.0 Å². The van der Waals surface area contributed by atoms with Gasteiger partial charge in [-0.05, 0) is 19.1 Å². The van der Waals surface area contributed by atoms with Crippen molar-refractivity contribution in [2.24, 2.45) is 0 Å². The number of anilines is 1. The molecule has 0 bridgehead atoms. The fourth-order valence-electron chi connectivity index (χ4n) is 1.76. The normalized spacial score (nSPS) is 18.3. The monoisotopic (exact) mass is 310 g/mol. The van der Waals surface area contributed by atoms with E-state index < -0.39 is 0 Å². The van der Waals surface area contributed by atoms with Crippen LogP contribution < -0.4 is 10.1 Å². The van der Waals surface area contributed by atoms with Crippen LogP contribution in [0, 0.1) is 0 Å². The Bertz CT molecular complexity index is 562. The SMILES string of the molecule is COc1cccc(NC(=O)CN2C(=O)C(C)SC2=S)c1. The van der Waals surface area contributed by atoms with Gasteiger partial charge >= 0.3 is 0 Å². The van der Waals surface area contributed by atoms with Gasteiger partial charge in [0.25, 0.3) is 0 Å². The third-order valence-electron chi connectivity index (χ3n) is 2.77. The van der Waals surface area contributed by atoms with Crippen LogP contribution in [0.4, 0.5) is 5.69 Å². The number of thiocarbonyl (C=S) groups is 1. The van der Waals surface area contributed by atoms with E-state index in [0.717, 1.165) is 0 Å². The number of amides is 2. The Labute approximate surface area is 126 Å². The number of hydrogen-bond acceptors (Lipinski definition) is 5. The molecule has 0 aliphatic carbocycles. The minimum atomic E-state index is -0.288. The number of hydrogen-bond donors (Lipinski definition) is 1. The lowest BCUT2D eigenvalue weighted by atomic mass is 10.3. The molecule has 2 amide bonds. The highest BCUT2D eigenvalue weighted by Crippen LogP contribution is 2.26. The first-order valence-corrected chi connectivity index (χ1v) is 7.26. The van der Waals surface area contributed by atoms with Gasteiger partial charge in [0, 0.05) is 11.8 Å². The second-order valence-electron chi connectivity index (χ2n) is 4.23. The van der Waals surface area contributed by atoms with Crippen molar-refractivity contribution in [3.8, 4) is 5.75 Å². The lowest BCUT2D eigenvalue weighted by Gasteiger charge is -2.15. The van der Waals surface area contributed by atoms with E-state index in [9.17, 15) is 9.59 Å². The van der Waals surface area contributed by atoms with Crippen molar-refractivity contribution in [3.05, 3.63) is 24.3 Å². The summed E-state index contributed by atoms with van der Waals surface area (Å²) in [6.07, 6.45) is 0. The Balaban J connectivity index is 1.99. The van der Waals surface area contributed by atoms with Crippen LogP contribution in [0.2, 0.25) is 0 Å². The van der Waals surface area contributed by atoms with Gasteiger partial charge in [-0.15, -0.1) is 0 Å². The van der Waals surface area contributed by atoms with Gasteiger partial charge in [0.15, 0.2) is 0 Å². The highest BCUT2D eigenvalue weighted by molar-refractivity contribution is 8.24. The predicted molar refractivity (Wildman–Crippen MR) is 83.0 cm³/mol. The molecular weight excluding hydrogens is 296 g/mol. The molecular formula is C13H14N2O3S2. The van der Waals surface area contributed by atoms with Gasteiger partial charge < -0.3 is 10.1 Å². The van der Waals surface area contributed by atoms with Crippen LogP contribution in [-0.2, 0) is 9.59 Å². The van der Waals surface area contributed by atoms with Crippen molar-refractivity contribution >= 4 is 45.8 Å². The molecule has 1 aliphatic rings. The highest BCUT2D eigenvalue weighted by atomic mass is 32.2. The molecule has 0 saturated carbocycles. The Hall–Kier alpha value is -1.60. The number of thioether (sulfide) groups is 1. The standard InChI is InChI=1S/C13H14N2O3S2/c1-8-12(17)15(13(19)20-8)7-11(16)14-9-4-3-5-10(6-9)18-2/h3-6,8H,7H2,1-2H3,(H,14,16). The summed E-state index contributed by atoms with van der Waals surface area (Å²) < 4.78 is 5.53. The zero-order valence-electron chi connectivity index (χ0n) is 11.1. The maximum absolute atomic E-state index is 12.0. The lowest BCUT2D eigenvalue weighted by Crippen LogP contribution is -2.37. The molecule has 1 N–H and O–H groups in total. The van der Waals surface area contributed by atoms with Crippen LogP contribution in [0.1, 0.15) is 6.92 Å². The number of nitrogens with one attached hydrogen (secondary N) is 1. The minimum absolute atomic E-state index is 0.0633.